The number of hydrogen-bond acceptors (Lipinski definition) is 5. The minimum Gasteiger partial charge on any atom is -0.465 e. The van der Waals surface area contributed by atoms with Gasteiger partial charge in [-0.2, -0.15) is 0 Å². The van der Waals surface area contributed by atoms with Crippen LogP contribution in [0.3, 0.4) is 0 Å². The molecule has 2 aromatic rings. The standard InChI is InChI=1S/C19H24N2O3S/c1-12-8-6-7-9-15(12)10-21(4)11-16(22)20-18-17(19(23)24-5)13(2)14(3)25-18/h6-9H,10-11H2,1-5H3,(H,20,22). The summed E-state index contributed by atoms with van der Waals surface area (Å²) >= 11 is 1.40. The number of amides is 1. The largest absolute Gasteiger partial charge is 0.465 e. The first kappa shape index (κ1) is 19.1. The molecule has 0 bridgehead atoms. The maximum Gasteiger partial charge on any atom is 0.341 e. The molecule has 134 valence electrons. The van der Waals surface area contributed by atoms with Crippen LogP contribution in [0.25, 0.3) is 0 Å². The molecule has 1 aromatic carbocycles. The lowest BCUT2D eigenvalue weighted by atomic mass is 10.1. The van der Waals surface area contributed by atoms with Gasteiger partial charge < -0.3 is 10.1 Å². The van der Waals surface area contributed by atoms with Gasteiger partial charge in [0.1, 0.15) is 5.00 Å². The highest BCUT2D eigenvalue weighted by Gasteiger charge is 2.21. The highest BCUT2D eigenvalue weighted by atomic mass is 32.1. The van der Waals surface area contributed by atoms with Gasteiger partial charge in [-0.3, -0.25) is 9.69 Å². The van der Waals surface area contributed by atoms with Crippen LogP contribution in [0.5, 0.6) is 0 Å². The number of benzene rings is 1. The molecule has 1 amide bonds. The first-order chi connectivity index (χ1) is 11.8. The van der Waals surface area contributed by atoms with Gasteiger partial charge in [0.2, 0.25) is 5.91 Å². The Morgan fingerprint density at radius 2 is 1.88 bits per heavy atom. The van der Waals surface area contributed by atoms with Crippen molar-refractivity contribution < 1.29 is 14.3 Å². The number of esters is 1. The number of nitrogens with one attached hydrogen (secondary N) is 1. The normalized spacial score (nSPS) is 10.8. The van der Waals surface area contributed by atoms with E-state index in [-0.39, 0.29) is 12.5 Å². The fourth-order valence-electron chi connectivity index (χ4n) is 2.61. The van der Waals surface area contributed by atoms with Gasteiger partial charge in [-0.15, -0.1) is 11.3 Å². The van der Waals surface area contributed by atoms with E-state index >= 15 is 0 Å². The molecular formula is C19H24N2O3S. The Morgan fingerprint density at radius 1 is 1.20 bits per heavy atom. The Labute approximate surface area is 152 Å². The van der Waals surface area contributed by atoms with Crippen molar-refractivity contribution >= 4 is 28.2 Å². The SMILES string of the molecule is COC(=O)c1c(NC(=O)CN(C)Cc2ccccc2C)sc(C)c1C. The van der Waals surface area contributed by atoms with Crippen molar-refractivity contribution in [3.05, 3.63) is 51.4 Å². The molecule has 1 N–H and O–H groups in total. The number of thiophene rings is 1. The van der Waals surface area contributed by atoms with Crippen LogP contribution < -0.4 is 5.32 Å². The third-order valence-electron chi connectivity index (χ3n) is 4.14. The summed E-state index contributed by atoms with van der Waals surface area (Å²) in [6.45, 7) is 6.77. The lowest BCUT2D eigenvalue weighted by Gasteiger charge is -2.17. The summed E-state index contributed by atoms with van der Waals surface area (Å²) in [6.07, 6.45) is 0. The van der Waals surface area contributed by atoms with E-state index in [9.17, 15) is 9.59 Å². The lowest BCUT2D eigenvalue weighted by molar-refractivity contribution is -0.117. The smallest absolute Gasteiger partial charge is 0.341 e. The van der Waals surface area contributed by atoms with Crippen molar-refractivity contribution in [2.75, 3.05) is 26.0 Å². The number of ether oxygens (including phenoxy) is 1. The number of anilines is 1. The summed E-state index contributed by atoms with van der Waals surface area (Å²) in [5.74, 6) is -0.576. The van der Waals surface area contributed by atoms with E-state index in [1.54, 1.807) is 0 Å². The second-order valence-corrected chi connectivity index (χ2v) is 7.35. The van der Waals surface area contributed by atoms with Gasteiger partial charge in [0, 0.05) is 11.4 Å². The van der Waals surface area contributed by atoms with Crippen LogP contribution in [0.4, 0.5) is 5.00 Å². The molecule has 0 atom stereocenters. The molecule has 0 saturated heterocycles. The minimum absolute atomic E-state index is 0.150. The predicted molar refractivity (Wildman–Crippen MR) is 101 cm³/mol. The fourth-order valence-corrected chi connectivity index (χ4v) is 3.67. The molecule has 0 aliphatic carbocycles. The van der Waals surface area contributed by atoms with Gasteiger partial charge in [0.15, 0.2) is 0 Å². The molecule has 0 saturated carbocycles. The molecular weight excluding hydrogens is 336 g/mol. The first-order valence-electron chi connectivity index (χ1n) is 8.04. The number of carbonyl (C=O) groups is 2. The third kappa shape index (κ3) is 4.67. The number of hydrogen-bond donors (Lipinski definition) is 1. The van der Waals surface area contributed by atoms with Crippen molar-refractivity contribution in [1.29, 1.82) is 0 Å². The summed E-state index contributed by atoms with van der Waals surface area (Å²) in [5.41, 5.74) is 3.68. The van der Waals surface area contributed by atoms with E-state index in [1.165, 1.54) is 29.6 Å². The average molecular weight is 360 g/mol. The van der Waals surface area contributed by atoms with E-state index in [2.05, 4.69) is 24.4 Å². The molecule has 5 nitrogen and oxygen atoms in total. The molecule has 6 heteroatoms. The van der Waals surface area contributed by atoms with Crippen LogP contribution in [0.1, 0.15) is 31.9 Å². The van der Waals surface area contributed by atoms with Crippen LogP contribution in [-0.2, 0) is 16.1 Å². The third-order valence-corrected chi connectivity index (χ3v) is 5.27. The van der Waals surface area contributed by atoms with E-state index in [0.29, 0.717) is 17.1 Å². The molecule has 1 heterocycles. The van der Waals surface area contributed by atoms with Gasteiger partial charge in [0.25, 0.3) is 0 Å². The maximum atomic E-state index is 12.4. The van der Waals surface area contributed by atoms with Gasteiger partial charge >= 0.3 is 5.97 Å². The van der Waals surface area contributed by atoms with Crippen molar-refractivity contribution in [2.24, 2.45) is 0 Å². The van der Waals surface area contributed by atoms with E-state index in [1.807, 2.05) is 37.9 Å². The van der Waals surface area contributed by atoms with Crippen molar-refractivity contribution in [3.8, 4) is 0 Å². The Kier molecular flexibility index (Phi) is 6.33. The summed E-state index contributed by atoms with van der Waals surface area (Å²) < 4.78 is 4.83. The van der Waals surface area contributed by atoms with Crippen LogP contribution in [0.15, 0.2) is 24.3 Å². The molecule has 2 rings (SSSR count). The van der Waals surface area contributed by atoms with Gasteiger partial charge in [-0.25, -0.2) is 4.79 Å². The van der Waals surface area contributed by atoms with Crippen LogP contribution in [-0.4, -0.2) is 37.5 Å². The van der Waals surface area contributed by atoms with Crippen LogP contribution in [0, 0.1) is 20.8 Å². The Hall–Kier alpha value is -2.18. The summed E-state index contributed by atoms with van der Waals surface area (Å²) in [6, 6.07) is 8.12. The van der Waals surface area contributed by atoms with Gasteiger partial charge in [-0.1, -0.05) is 24.3 Å². The van der Waals surface area contributed by atoms with Gasteiger partial charge in [-0.05, 0) is 44.5 Å². The molecule has 0 fully saturated rings. The maximum absolute atomic E-state index is 12.4. The minimum atomic E-state index is -0.426. The lowest BCUT2D eigenvalue weighted by Crippen LogP contribution is -2.30. The first-order valence-corrected chi connectivity index (χ1v) is 8.86. The highest BCUT2D eigenvalue weighted by molar-refractivity contribution is 7.16. The number of likely N-dealkylation sites (N-methyl/N-ethyl adjacent to an activating group) is 1. The number of nitrogens with zero attached hydrogens (tertiary/aromatic N) is 1. The zero-order valence-electron chi connectivity index (χ0n) is 15.3. The number of carbonyl (C=O) groups excluding carboxylic acids is 2. The molecule has 0 spiro atoms. The quantitative estimate of drug-likeness (QED) is 0.801. The number of methoxy groups -OCH3 is 1. The zero-order valence-corrected chi connectivity index (χ0v) is 16.1. The van der Waals surface area contributed by atoms with E-state index in [0.717, 1.165) is 10.4 Å². The van der Waals surface area contributed by atoms with Crippen molar-refractivity contribution in [1.82, 2.24) is 4.90 Å². The van der Waals surface area contributed by atoms with Crippen molar-refractivity contribution in [3.63, 3.8) is 0 Å². The second-order valence-electron chi connectivity index (χ2n) is 6.13. The number of rotatable bonds is 6. The average Bonchev–Trinajstić information content (AvgIpc) is 2.83. The highest BCUT2D eigenvalue weighted by Crippen LogP contribution is 2.32. The predicted octanol–water partition coefficient (Wildman–Crippen LogP) is 3.53. The van der Waals surface area contributed by atoms with E-state index in [4.69, 9.17) is 4.74 Å². The molecule has 0 aliphatic rings. The number of aryl methyl sites for hydroxylation is 2. The summed E-state index contributed by atoms with van der Waals surface area (Å²) in [5, 5.41) is 3.41. The molecule has 0 unspecified atom stereocenters. The molecule has 0 radical (unpaired) electrons. The topological polar surface area (TPSA) is 58.6 Å². The molecule has 25 heavy (non-hydrogen) atoms. The summed E-state index contributed by atoms with van der Waals surface area (Å²) in [4.78, 5) is 27.3. The zero-order chi connectivity index (χ0) is 18.6. The van der Waals surface area contributed by atoms with E-state index < -0.39 is 5.97 Å². The van der Waals surface area contributed by atoms with Crippen LogP contribution >= 0.6 is 11.3 Å². The van der Waals surface area contributed by atoms with Crippen LogP contribution in [0.2, 0.25) is 0 Å². The Bertz CT molecular complexity index is 783. The van der Waals surface area contributed by atoms with Crippen molar-refractivity contribution in [2.45, 2.75) is 27.3 Å². The Morgan fingerprint density at radius 3 is 2.52 bits per heavy atom. The Balaban J connectivity index is 2.04. The second kappa shape index (κ2) is 8.27. The molecule has 0 aliphatic heterocycles. The summed E-state index contributed by atoms with van der Waals surface area (Å²) in [7, 11) is 3.24. The van der Waals surface area contributed by atoms with Gasteiger partial charge in [0.05, 0.1) is 19.2 Å². The monoisotopic (exact) mass is 360 g/mol. The molecule has 1 aromatic heterocycles. The fraction of sp³-hybridized carbons (Fsp3) is 0.368.